The van der Waals surface area contributed by atoms with Crippen LogP contribution in [0.2, 0.25) is 0 Å². The summed E-state index contributed by atoms with van der Waals surface area (Å²) in [4.78, 5) is 14.8. The second kappa shape index (κ2) is 9.81. The van der Waals surface area contributed by atoms with Crippen LogP contribution in [0.15, 0.2) is 54.6 Å². The van der Waals surface area contributed by atoms with Gasteiger partial charge >= 0.3 is 0 Å². The third kappa shape index (κ3) is 5.36. The summed E-state index contributed by atoms with van der Waals surface area (Å²) in [5.41, 5.74) is 3.01. The van der Waals surface area contributed by atoms with Crippen LogP contribution in [0.5, 0.6) is 11.5 Å². The number of carbonyl (C=O) groups is 1. The third-order valence-electron chi connectivity index (χ3n) is 4.72. The molecule has 0 aromatic heterocycles. The number of carbonyl (C=O) groups excluding carboxylic acids is 1. The Morgan fingerprint density at radius 2 is 1.74 bits per heavy atom. The SMILES string of the molecule is CCN(C(=O)C=C(C)c1ccccc1OC)C(C)Cc1ccc(OC)cc1. The fourth-order valence-electron chi connectivity index (χ4n) is 3.21. The highest BCUT2D eigenvalue weighted by molar-refractivity contribution is 5.95. The van der Waals surface area contributed by atoms with E-state index in [0.717, 1.165) is 29.1 Å². The Labute approximate surface area is 162 Å². The molecule has 0 saturated carbocycles. The van der Waals surface area contributed by atoms with Gasteiger partial charge in [0.05, 0.1) is 14.2 Å². The van der Waals surface area contributed by atoms with E-state index in [4.69, 9.17) is 9.47 Å². The summed E-state index contributed by atoms with van der Waals surface area (Å²) in [5, 5.41) is 0. The highest BCUT2D eigenvalue weighted by atomic mass is 16.5. The lowest BCUT2D eigenvalue weighted by atomic mass is 10.0. The van der Waals surface area contributed by atoms with E-state index < -0.39 is 0 Å². The van der Waals surface area contributed by atoms with E-state index in [1.807, 2.05) is 67.3 Å². The van der Waals surface area contributed by atoms with E-state index >= 15 is 0 Å². The molecule has 0 bridgehead atoms. The van der Waals surface area contributed by atoms with Crippen molar-refractivity contribution in [3.8, 4) is 11.5 Å². The zero-order valence-electron chi connectivity index (χ0n) is 16.9. The molecule has 0 aliphatic rings. The van der Waals surface area contributed by atoms with Crippen molar-refractivity contribution in [2.45, 2.75) is 33.2 Å². The molecule has 4 heteroatoms. The molecule has 0 saturated heterocycles. The number of nitrogens with zero attached hydrogens (tertiary/aromatic N) is 1. The summed E-state index contributed by atoms with van der Waals surface area (Å²) in [6.45, 7) is 6.69. The van der Waals surface area contributed by atoms with E-state index in [1.54, 1.807) is 20.3 Å². The first-order chi connectivity index (χ1) is 13.0. The fourth-order valence-corrected chi connectivity index (χ4v) is 3.21. The number of methoxy groups -OCH3 is 2. The van der Waals surface area contributed by atoms with E-state index in [0.29, 0.717) is 6.54 Å². The predicted octanol–water partition coefficient (Wildman–Crippen LogP) is 4.59. The Balaban J connectivity index is 2.13. The van der Waals surface area contributed by atoms with Crippen LogP contribution in [0.1, 0.15) is 31.9 Å². The van der Waals surface area contributed by atoms with Crippen molar-refractivity contribution in [2.75, 3.05) is 20.8 Å². The molecule has 2 aromatic rings. The van der Waals surface area contributed by atoms with Gasteiger partial charge in [0.2, 0.25) is 5.91 Å². The van der Waals surface area contributed by atoms with Crippen molar-refractivity contribution < 1.29 is 14.3 Å². The van der Waals surface area contributed by atoms with Gasteiger partial charge in [0, 0.05) is 24.2 Å². The number of benzene rings is 2. The van der Waals surface area contributed by atoms with Crippen LogP contribution in [-0.2, 0) is 11.2 Å². The summed E-state index contributed by atoms with van der Waals surface area (Å²) < 4.78 is 10.6. The van der Waals surface area contributed by atoms with Crippen LogP contribution in [0.25, 0.3) is 5.57 Å². The first kappa shape index (κ1) is 20.6. The van der Waals surface area contributed by atoms with Gasteiger partial charge in [-0.1, -0.05) is 30.3 Å². The minimum Gasteiger partial charge on any atom is -0.497 e. The average molecular weight is 367 g/mol. The van der Waals surface area contributed by atoms with Crippen molar-refractivity contribution >= 4 is 11.5 Å². The van der Waals surface area contributed by atoms with Crippen molar-refractivity contribution in [3.63, 3.8) is 0 Å². The van der Waals surface area contributed by atoms with Crippen LogP contribution in [0.3, 0.4) is 0 Å². The third-order valence-corrected chi connectivity index (χ3v) is 4.72. The number of amides is 1. The number of para-hydroxylation sites is 1. The summed E-state index contributed by atoms with van der Waals surface area (Å²) in [6, 6.07) is 15.8. The van der Waals surface area contributed by atoms with Crippen molar-refractivity contribution in [1.29, 1.82) is 0 Å². The van der Waals surface area contributed by atoms with E-state index in [9.17, 15) is 4.79 Å². The molecule has 0 N–H and O–H groups in total. The summed E-state index contributed by atoms with van der Waals surface area (Å²) in [7, 11) is 3.30. The van der Waals surface area contributed by atoms with Crippen LogP contribution >= 0.6 is 0 Å². The number of hydrogen-bond donors (Lipinski definition) is 0. The number of hydrogen-bond acceptors (Lipinski definition) is 3. The Hall–Kier alpha value is -2.75. The van der Waals surface area contributed by atoms with Crippen molar-refractivity contribution in [2.24, 2.45) is 0 Å². The lowest BCUT2D eigenvalue weighted by Gasteiger charge is -2.27. The Morgan fingerprint density at radius 1 is 1.07 bits per heavy atom. The number of likely N-dealkylation sites (N-methyl/N-ethyl adjacent to an activating group) is 1. The predicted molar refractivity (Wildman–Crippen MR) is 110 cm³/mol. The van der Waals surface area contributed by atoms with Gasteiger partial charge in [-0.05, 0) is 56.5 Å². The van der Waals surface area contributed by atoms with Crippen molar-refractivity contribution in [3.05, 3.63) is 65.7 Å². The Kier molecular flexibility index (Phi) is 7.47. The molecule has 0 fully saturated rings. The van der Waals surface area contributed by atoms with Gasteiger partial charge in [0.15, 0.2) is 0 Å². The zero-order chi connectivity index (χ0) is 19.8. The number of rotatable bonds is 8. The maximum atomic E-state index is 12.9. The summed E-state index contributed by atoms with van der Waals surface area (Å²) in [5.74, 6) is 1.63. The Bertz CT molecular complexity index is 780. The maximum Gasteiger partial charge on any atom is 0.247 e. The van der Waals surface area contributed by atoms with Crippen LogP contribution in [0.4, 0.5) is 0 Å². The van der Waals surface area contributed by atoms with Crippen LogP contribution in [0, 0.1) is 0 Å². The molecule has 4 nitrogen and oxygen atoms in total. The molecule has 1 atom stereocenters. The average Bonchev–Trinajstić information content (AvgIpc) is 2.69. The van der Waals surface area contributed by atoms with Gasteiger partial charge in [-0.25, -0.2) is 0 Å². The highest BCUT2D eigenvalue weighted by Gasteiger charge is 2.18. The molecular formula is C23H29NO3. The van der Waals surface area contributed by atoms with E-state index in [1.165, 1.54) is 5.56 Å². The molecule has 1 unspecified atom stereocenters. The van der Waals surface area contributed by atoms with Gasteiger partial charge in [-0.15, -0.1) is 0 Å². The lowest BCUT2D eigenvalue weighted by Crippen LogP contribution is -2.38. The normalized spacial score (nSPS) is 12.4. The van der Waals surface area contributed by atoms with E-state index in [-0.39, 0.29) is 11.9 Å². The maximum absolute atomic E-state index is 12.9. The van der Waals surface area contributed by atoms with Crippen LogP contribution in [-0.4, -0.2) is 37.6 Å². The van der Waals surface area contributed by atoms with Gasteiger partial charge in [0.25, 0.3) is 0 Å². The van der Waals surface area contributed by atoms with Gasteiger partial charge in [0.1, 0.15) is 11.5 Å². The molecule has 0 aliphatic heterocycles. The minimum absolute atomic E-state index is 0.0157. The Morgan fingerprint density at radius 3 is 2.33 bits per heavy atom. The molecule has 144 valence electrons. The quantitative estimate of drug-likeness (QED) is 0.641. The van der Waals surface area contributed by atoms with Gasteiger partial charge in [-0.3, -0.25) is 4.79 Å². The number of ether oxygens (including phenoxy) is 2. The zero-order valence-corrected chi connectivity index (χ0v) is 16.9. The van der Waals surface area contributed by atoms with Gasteiger partial charge < -0.3 is 14.4 Å². The molecule has 2 aromatic carbocycles. The molecule has 27 heavy (non-hydrogen) atoms. The smallest absolute Gasteiger partial charge is 0.247 e. The molecule has 0 spiro atoms. The molecular weight excluding hydrogens is 338 g/mol. The second-order valence-electron chi connectivity index (χ2n) is 6.55. The van der Waals surface area contributed by atoms with Crippen LogP contribution < -0.4 is 9.47 Å². The lowest BCUT2D eigenvalue weighted by molar-refractivity contribution is -0.127. The standard InChI is InChI=1S/C23H29NO3/c1-6-24(18(3)16-19-11-13-20(26-4)14-12-19)23(25)15-17(2)21-9-7-8-10-22(21)27-5/h7-15,18H,6,16H2,1-5H3. The summed E-state index contributed by atoms with van der Waals surface area (Å²) >= 11 is 0. The first-order valence-electron chi connectivity index (χ1n) is 9.25. The summed E-state index contributed by atoms with van der Waals surface area (Å²) in [6.07, 6.45) is 2.50. The monoisotopic (exact) mass is 367 g/mol. The molecule has 0 aliphatic carbocycles. The molecule has 2 rings (SSSR count). The molecule has 0 heterocycles. The van der Waals surface area contributed by atoms with E-state index in [2.05, 4.69) is 6.92 Å². The highest BCUT2D eigenvalue weighted by Crippen LogP contribution is 2.25. The second-order valence-corrected chi connectivity index (χ2v) is 6.55. The molecule has 0 radical (unpaired) electrons. The minimum atomic E-state index is 0.0157. The van der Waals surface area contributed by atoms with Gasteiger partial charge in [-0.2, -0.15) is 0 Å². The molecule has 1 amide bonds. The topological polar surface area (TPSA) is 38.8 Å². The fraction of sp³-hybridized carbons (Fsp3) is 0.348. The largest absolute Gasteiger partial charge is 0.497 e. The number of allylic oxidation sites excluding steroid dienone is 1. The van der Waals surface area contributed by atoms with Crippen molar-refractivity contribution in [1.82, 2.24) is 4.90 Å². The first-order valence-corrected chi connectivity index (χ1v) is 9.25.